The number of ether oxygens (including phenoxy) is 1. The fourth-order valence-electron chi connectivity index (χ4n) is 2.80. The van der Waals surface area contributed by atoms with Crippen LogP contribution in [-0.4, -0.2) is 17.6 Å². The number of hydrogen-bond acceptors (Lipinski definition) is 2. The number of hydrogen-bond donors (Lipinski definition) is 1. The maximum absolute atomic E-state index is 11.5. The van der Waals surface area contributed by atoms with Gasteiger partial charge in [0.05, 0.1) is 6.61 Å². The van der Waals surface area contributed by atoms with Gasteiger partial charge < -0.3 is 9.72 Å². The second kappa shape index (κ2) is 6.62. The van der Waals surface area contributed by atoms with E-state index in [2.05, 4.69) is 4.98 Å². The number of esters is 1. The molecule has 1 aromatic heterocycles. The van der Waals surface area contributed by atoms with Gasteiger partial charge in [0.1, 0.15) is 5.69 Å². The summed E-state index contributed by atoms with van der Waals surface area (Å²) < 4.78 is 4.96. The maximum Gasteiger partial charge on any atom is 0.354 e. The predicted octanol–water partition coefficient (Wildman–Crippen LogP) is 3.70. The second-order valence-electron chi connectivity index (χ2n) is 5.18. The van der Waals surface area contributed by atoms with E-state index in [-0.39, 0.29) is 5.97 Å². The van der Waals surface area contributed by atoms with Crippen molar-refractivity contribution in [1.29, 1.82) is 0 Å². The molecular weight excluding hydrogens is 226 g/mol. The number of H-pyrrole nitrogens is 1. The molecule has 0 amide bonds. The molecule has 1 aliphatic carbocycles. The van der Waals surface area contributed by atoms with Crippen molar-refractivity contribution in [3.8, 4) is 0 Å². The summed E-state index contributed by atoms with van der Waals surface area (Å²) in [5, 5.41) is 0. The van der Waals surface area contributed by atoms with Crippen LogP contribution in [0, 0.1) is 5.92 Å². The lowest BCUT2D eigenvalue weighted by atomic mass is 9.99. The molecule has 1 heterocycles. The summed E-state index contributed by atoms with van der Waals surface area (Å²) in [5.74, 6) is 0.702. The zero-order chi connectivity index (χ0) is 12.8. The monoisotopic (exact) mass is 249 g/mol. The van der Waals surface area contributed by atoms with Crippen molar-refractivity contribution in [2.24, 2.45) is 5.92 Å². The average Bonchev–Trinajstić information content (AvgIpc) is 3.00. The molecule has 0 bridgehead atoms. The first-order valence-corrected chi connectivity index (χ1v) is 7.14. The van der Waals surface area contributed by atoms with Gasteiger partial charge in [0.2, 0.25) is 0 Å². The molecule has 1 N–H and O–H groups in total. The van der Waals surface area contributed by atoms with E-state index in [0.717, 1.165) is 12.3 Å². The van der Waals surface area contributed by atoms with Crippen LogP contribution in [0.25, 0.3) is 0 Å². The second-order valence-corrected chi connectivity index (χ2v) is 5.18. The highest BCUT2D eigenvalue weighted by atomic mass is 16.5. The molecule has 0 atom stereocenters. The molecule has 18 heavy (non-hydrogen) atoms. The summed E-state index contributed by atoms with van der Waals surface area (Å²) in [7, 11) is 0. The largest absolute Gasteiger partial charge is 0.461 e. The van der Waals surface area contributed by atoms with Crippen LogP contribution in [0.2, 0.25) is 0 Å². The van der Waals surface area contributed by atoms with Gasteiger partial charge in [-0.25, -0.2) is 4.79 Å². The van der Waals surface area contributed by atoms with Crippen LogP contribution in [0.3, 0.4) is 0 Å². The number of carbonyl (C=O) groups is 1. The molecule has 1 fully saturated rings. The number of rotatable bonds is 6. The van der Waals surface area contributed by atoms with Crippen molar-refractivity contribution in [3.05, 3.63) is 23.5 Å². The molecule has 0 radical (unpaired) electrons. The molecule has 0 spiro atoms. The fourth-order valence-corrected chi connectivity index (χ4v) is 2.80. The van der Waals surface area contributed by atoms with Crippen LogP contribution in [0.1, 0.15) is 61.5 Å². The Hall–Kier alpha value is -1.25. The Labute approximate surface area is 109 Å². The zero-order valence-corrected chi connectivity index (χ0v) is 11.2. The minimum absolute atomic E-state index is 0.250. The molecule has 1 aliphatic rings. The number of aryl methyl sites for hydroxylation is 1. The maximum atomic E-state index is 11.5. The highest BCUT2D eigenvalue weighted by molar-refractivity contribution is 5.87. The Morgan fingerprint density at radius 3 is 2.94 bits per heavy atom. The molecule has 0 aliphatic heterocycles. The quantitative estimate of drug-likeness (QED) is 0.781. The van der Waals surface area contributed by atoms with Gasteiger partial charge in [-0.05, 0) is 37.3 Å². The van der Waals surface area contributed by atoms with Crippen molar-refractivity contribution in [2.75, 3.05) is 6.61 Å². The summed E-state index contributed by atoms with van der Waals surface area (Å²) in [5.41, 5.74) is 1.80. The van der Waals surface area contributed by atoms with Gasteiger partial charge in [-0.2, -0.15) is 0 Å². The summed E-state index contributed by atoms with van der Waals surface area (Å²) in [6.45, 7) is 2.25. The van der Waals surface area contributed by atoms with E-state index in [1.54, 1.807) is 0 Å². The smallest absolute Gasteiger partial charge is 0.354 e. The molecule has 2 rings (SSSR count). The third kappa shape index (κ3) is 3.62. The highest BCUT2D eigenvalue weighted by Gasteiger charge is 2.14. The molecule has 1 saturated carbocycles. The molecular formula is C15H23NO2. The standard InChI is InChI=1S/C15H23NO2/c1-2-18-15(17)14-10-13(11-16-14)9-5-8-12-6-3-4-7-12/h10-12,16H,2-9H2,1H3. The van der Waals surface area contributed by atoms with Crippen LogP contribution < -0.4 is 0 Å². The Kier molecular flexibility index (Phi) is 4.85. The first-order chi connectivity index (χ1) is 8.79. The van der Waals surface area contributed by atoms with Crippen molar-refractivity contribution in [1.82, 2.24) is 4.98 Å². The summed E-state index contributed by atoms with van der Waals surface area (Å²) in [4.78, 5) is 14.5. The molecule has 3 heteroatoms. The Morgan fingerprint density at radius 2 is 2.22 bits per heavy atom. The van der Waals surface area contributed by atoms with Crippen molar-refractivity contribution in [2.45, 2.75) is 51.9 Å². The van der Waals surface area contributed by atoms with Crippen LogP contribution in [0.4, 0.5) is 0 Å². The zero-order valence-electron chi connectivity index (χ0n) is 11.2. The van der Waals surface area contributed by atoms with E-state index < -0.39 is 0 Å². The molecule has 0 aromatic carbocycles. The summed E-state index contributed by atoms with van der Waals surface area (Å²) >= 11 is 0. The molecule has 100 valence electrons. The third-order valence-electron chi connectivity index (χ3n) is 3.79. The van der Waals surface area contributed by atoms with Crippen LogP contribution in [-0.2, 0) is 11.2 Å². The van der Waals surface area contributed by atoms with Gasteiger partial charge >= 0.3 is 5.97 Å². The van der Waals surface area contributed by atoms with Gasteiger partial charge in [0, 0.05) is 6.20 Å². The lowest BCUT2D eigenvalue weighted by Crippen LogP contribution is -2.04. The Balaban J connectivity index is 1.74. The van der Waals surface area contributed by atoms with Crippen LogP contribution >= 0.6 is 0 Å². The number of nitrogens with one attached hydrogen (secondary N) is 1. The Morgan fingerprint density at radius 1 is 1.44 bits per heavy atom. The van der Waals surface area contributed by atoms with Gasteiger partial charge in [-0.3, -0.25) is 0 Å². The molecule has 0 saturated heterocycles. The first kappa shape index (κ1) is 13.2. The summed E-state index contributed by atoms with van der Waals surface area (Å²) in [6.07, 6.45) is 11.2. The molecule has 0 unspecified atom stereocenters. The van der Waals surface area contributed by atoms with E-state index in [9.17, 15) is 4.79 Å². The van der Waals surface area contributed by atoms with Gasteiger partial charge in [-0.1, -0.05) is 32.1 Å². The lowest BCUT2D eigenvalue weighted by Gasteiger charge is -2.06. The average molecular weight is 249 g/mol. The predicted molar refractivity (Wildman–Crippen MR) is 71.6 cm³/mol. The SMILES string of the molecule is CCOC(=O)c1cc(CCCC2CCCC2)c[nH]1. The van der Waals surface area contributed by atoms with Gasteiger partial charge in [0.15, 0.2) is 0 Å². The normalized spacial score (nSPS) is 16.1. The fraction of sp³-hybridized carbons (Fsp3) is 0.667. The van der Waals surface area contributed by atoms with Gasteiger partial charge in [0.25, 0.3) is 0 Å². The minimum atomic E-state index is -0.250. The van der Waals surface area contributed by atoms with Crippen molar-refractivity contribution >= 4 is 5.97 Å². The highest BCUT2D eigenvalue weighted by Crippen LogP contribution is 2.29. The van der Waals surface area contributed by atoms with Crippen LogP contribution in [0.15, 0.2) is 12.3 Å². The number of aromatic amines is 1. The molecule has 1 aromatic rings. The van der Waals surface area contributed by atoms with Crippen molar-refractivity contribution < 1.29 is 9.53 Å². The van der Waals surface area contributed by atoms with E-state index in [1.807, 2.05) is 19.2 Å². The Bertz CT molecular complexity index is 378. The first-order valence-electron chi connectivity index (χ1n) is 7.14. The number of carbonyl (C=O) groups excluding carboxylic acids is 1. The van der Waals surface area contributed by atoms with E-state index in [0.29, 0.717) is 12.3 Å². The number of aromatic nitrogens is 1. The topological polar surface area (TPSA) is 42.1 Å². The minimum Gasteiger partial charge on any atom is -0.461 e. The van der Waals surface area contributed by atoms with E-state index >= 15 is 0 Å². The molecule has 3 nitrogen and oxygen atoms in total. The van der Waals surface area contributed by atoms with Crippen LogP contribution in [0.5, 0.6) is 0 Å². The van der Waals surface area contributed by atoms with E-state index in [1.165, 1.54) is 44.1 Å². The lowest BCUT2D eigenvalue weighted by molar-refractivity contribution is 0.0520. The summed E-state index contributed by atoms with van der Waals surface area (Å²) in [6, 6.07) is 1.92. The van der Waals surface area contributed by atoms with Gasteiger partial charge in [-0.15, -0.1) is 0 Å². The third-order valence-corrected chi connectivity index (χ3v) is 3.79. The van der Waals surface area contributed by atoms with Crippen molar-refractivity contribution in [3.63, 3.8) is 0 Å². The van der Waals surface area contributed by atoms with E-state index in [4.69, 9.17) is 4.74 Å².